The highest BCUT2D eigenvalue weighted by Gasteiger charge is 2.38. The van der Waals surface area contributed by atoms with E-state index in [-0.39, 0.29) is 17.6 Å². The van der Waals surface area contributed by atoms with E-state index in [9.17, 15) is 4.79 Å². The maximum absolute atomic E-state index is 12.0. The molecule has 1 rings (SSSR count). The van der Waals surface area contributed by atoms with Gasteiger partial charge in [-0.2, -0.15) is 0 Å². The molecule has 1 N–H and O–H groups in total. The average Bonchev–Trinajstić information content (AvgIpc) is 2.26. The highest BCUT2D eigenvalue weighted by molar-refractivity contribution is 5.75. The summed E-state index contributed by atoms with van der Waals surface area (Å²) < 4.78 is 5.20. The van der Waals surface area contributed by atoms with Crippen molar-refractivity contribution in [3.8, 4) is 0 Å². The van der Waals surface area contributed by atoms with Crippen molar-refractivity contribution >= 4 is 5.97 Å². The highest BCUT2D eigenvalue weighted by Crippen LogP contribution is 2.22. The summed E-state index contributed by atoms with van der Waals surface area (Å²) in [5, 5.41) is 3.38. The second-order valence-electron chi connectivity index (χ2n) is 5.24. The van der Waals surface area contributed by atoms with Crippen molar-refractivity contribution in [3.63, 3.8) is 0 Å². The zero-order valence-electron chi connectivity index (χ0n) is 11.6. The summed E-state index contributed by atoms with van der Waals surface area (Å²) in [4.78, 5) is 14.3. The number of piperazine rings is 1. The van der Waals surface area contributed by atoms with Gasteiger partial charge in [0.2, 0.25) is 0 Å². The summed E-state index contributed by atoms with van der Waals surface area (Å²) in [5.41, 5.74) is 0.0187. The smallest absolute Gasteiger partial charge is 0.323 e. The zero-order chi connectivity index (χ0) is 12.9. The van der Waals surface area contributed by atoms with Crippen molar-refractivity contribution < 1.29 is 9.53 Å². The number of carbonyl (C=O) groups is 1. The van der Waals surface area contributed by atoms with Gasteiger partial charge in [0.15, 0.2) is 0 Å². The molecular formula is C13H26N2O2. The third-order valence-corrected chi connectivity index (χ3v) is 3.36. The maximum atomic E-state index is 12.0. The van der Waals surface area contributed by atoms with Gasteiger partial charge in [-0.05, 0) is 27.2 Å². The van der Waals surface area contributed by atoms with E-state index in [4.69, 9.17) is 4.74 Å². The summed E-state index contributed by atoms with van der Waals surface area (Å²) >= 11 is 0. The minimum atomic E-state index is -0.0861. The van der Waals surface area contributed by atoms with Crippen LogP contribution in [0.3, 0.4) is 0 Å². The third-order valence-electron chi connectivity index (χ3n) is 3.36. The lowest BCUT2D eigenvalue weighted by molar-refractivity contribution is -0.153. The fraction of sp³-hybridized carbons (Fsp3) is 0.923. The molecule has 0 aliphatic carbocycles. The monoisotopic (exact) mass is 242 g/mol. The first-order valence-corrected chi connectivity index (χ1v) is 6.67. The summed E-state index contributed by atoms with van der Waals surface area (Å²) in [5.74, 6) is -0.0654. The fourth-order valence-corrected chi connectivity index (χ4v) is 2.49. The van der Waals surface area contributed by atoms with Crippen LogP contribution in [-0.2, 0) is 9.53 Å². The van der Waals surface area contributed by atoms with Gasteiger partial charge in [0.05, 0.1) is 6.61 Å². The second kappa shape index (κ2) is 6.36. The van der Waals surface area contributed by atoms with Crippen molar-refractivity contribution in [1.82, 2.24) is 10.2 Å². The molecule has 0 amide bonds. The molecule has 0 spiro atoms. The Balaban J connectivity index is 2.77. The van der Waals surface area contributed by atoms with Crippen LogP contribution in [0.5, 0.6) is 0 Å². The minimum absolute atomic E-state index is 0.0187. The van der Waals surface area contributed by atoms with Gasteiger partial charge in [-0.1, -0.05) is 13.3 Å². The maximum Gasteiger partial charge on any atom is 0.323 e. The zero-order valence-corrected chi connectivity index (χ0v) is 11.6. The molecule has 4 heteroatoms. The minimum Gasteiger partial charge on any atom is -0.465 e. The quantitative estimate of drug-likeness (QED) is 0.740. The number of hydrogen-bond donors (Lipinski definition) is 1. The van der Waals surface area contributed by atoms with Gasteiger partial charge >= 0.3 is 5.97 Å². The van der Waals surface area contributed by atoms with Crippen LogP contribution in [0, 0.1) is 0 Å². The van der Waals surface area contributed by atoms with E-state index in [1.165, 1.54) is 0 Å². The van der Waals surface area contributed by atoms with E-state index in [0.717, 1.165) is 32.5 Å². The van der Waals surface area contributed by atoms with Crippen LogP contribution in [-0.4, -0.2) is 48.7 Å². The predicted molar refractivity (Wildman–Crippen MR) is 69.0 cm³/mol. The van der Waals surface area contributed by atoms with Gasteiger partial charge in [-0.25, -0.2) is 0 Å². The van der Waals surface area contributed by atoms with Crippen molar-refractivity contribution in [1.29, 1.82) is 0 Å². The van der Waals surface area contributed by atoms with Crippen LogP contribution in [0.25, 0.3) is 0 Å². The van der Waals surface area contributed by atoms with Crippen LogP contribution in [0.15, 0.2) is 0 Å². The molecule has 0 aromatic heterocycles. The van der Waals surface area contributed by atoms with Crippen LogP contribution in [0.1, 0.15) is 40.5 Å². The number of hydrogen-bond acceptors (Lipinski definition) is 4. The number of ether oxygens (including phenoxy) is 1. The SMILES string of the molecule is CCCC(C(=O)OCC)N1CCNCC1(C)C. The molecule has 1 atom stereocenters. The lowest BCUT2D eigenvalue weighted by atomic mass is 9.95. The van der Waals surface area contributed by atoms with Crippen molar-refractivity contribution in [2.24, 2.45) is 0 Å². The van der Waals surface area contributed by atoms with E-state index in [1.54, 1.807) is 0 Å². The first kappa shape index (κ1) is 14.5. The number of nitrogens with zero attached hydrogens (tertiary/aromatic N) is 1. The molecule has 1 aliphatic rings. The van der Waals surface area contributed by atoms with Crippen LogP contribution in [0.4, 0.5) is 0 Å². The normalized spacial score (nSPS) is 22.1. The molecule has 0 saturated carbocycles. The molecule has 17 heavy (non-hydrogen) atoms. The Morgan fingerprint density at radius 2 is 2.18 bits per heavy atom. The molecule has 100 valence electrons. The summed E-state index contributed by atoms with van der Waals surface area (Å²) in [6, 6.07) is -0.0861. The first-order chi connectivity index (χ1) is 8.03. The number of esters is 1. The van der Waals surface area contributed by atoms with E-state index in [0.29, 0.717) is 6.61 Å². The third kappa shape index (κ3) is 3.68. The number of rotatable bonds is 5. The summed E-state index contributed by atoms with van der Waals surface area (Å²) in [6.45, 7) is 11.6. The second-order valence-corrected chi connectivity index (χ2v) is 5.24. The lowest BCUT2D eigenvalue weighted by Gasteiger charge is -2.46. The Morgan fingerprint density at radius 1 is 1.47 bits per heavy atom. The van der Waals surface area contributed by atoms with E-state index >= 15 is 0 Å². The molecule has 1 heterocycles. The largest absolute Gasteiger partial charge is 0.465 e. The topological polar surface area (TPSA) is 41.6 Å². The van der Waals surface area contributed by atoms with Gasteiger partial charge < -0.3 is 10.1 Å². The van der Waals surface area contributed by atoms with Crippen molar-refractivity contribution in [3.05, 3.63) is 0 Å². The molecule has 1 fully saturated rings. The van der Waals surface area contributed by atoms with Gasteiger partial charge in [0.25, 0.3) is 0 Å². The fourth-order valence-electron chi connectivity index (χ4n) is 2.49. The Labute approximate surface area is 105 Å². The van der Waals surface area contributed by atoms with Gasteiger partial charge in [-0.3, -0.25) is 9.69 Å². The van der Waals surface area contributed by atoms with Crippen molar-refractivity contribution in [2.75, 3.05) is 26.2 Å². The molecule has 4 nitrogen and oxygen atoms in total. The number of nitrogens with one attached hydrogen (secondary N) is 1. The average molecular weight is 242 g/mol. The van der Waals surface area contributed by atoms with E-state index < -0.39 is 0 Å². The van der Waals surface area contributed by atoms with Gasteiger partial charge in [0.1, 0.15) is 6.04 Å². The predicted octanol–water partition coefficient (Wildman–Crippen LogP) is 1.40. The molecule has 0 radical (unpaired) electrons. The van der Waals surface area contributed by atoms with Gasteiger partial charge in [-0.15, -0.1) is 0 Å². The molecule has 0 aromatic rings. The Bertz CT molecular complexity index is 254. The molecule has 0 aromatic carbocycles. The standard InChI is InChI=1S/C13H26N2O2/c1-5-7-11(12(16)17-6-2)15-9-8-14-10-13(15,3)4/h11,14H,5-10H2,1-4H3. The molecule has 1 aliphatic heterocycles. The summed E-state index contributed by atoms with van der Waals surface area (Å²) in [6.07, 6.45) is 1.88. The van der Waals surface area contributed by atoms with Crippen molar-refractivity contribution in [2.45, 2.75) is 52.1 Å². The first-order valence-electron chi connectivity index (χ1n) is 6.67. The Kier molecular flexibility index (Phi) is 5.40. The van der Waals surface area contributed by atoms with Gasteiger partial charge in [0, 0.05) is 25.2 Å². The van der Waals surface area contributed by atoms with Crippen LogP contribution < -0.4 is 5.32 Å². The van der Waals surface area contributed by atoms with E-state index in [2.05, 4.69) is 31.0 Å². The Morgan fingerprint density at radius 3 is 2.71 bits per heavy atom. The van der Waals surface area contributed by atoms with Crippen LogP contribution in [0.2, 0.25) is 0 Å². The highest BCUT2D eigenvalue weighted by atomic mass is 16.5. The van der Waals surface area contributed by atoms with Crippen LogP contribution >= 0.6 is 0 Å². The summed E-state index contributed by atoms with van der Waals surface area (Å²) in [7, 11) is 0. The van der Waals surface area contributed by atoms with E-state index in [1.807, 2.05) is 6.92 Å². The number of carbonyl (C=O) groups excluding carboxylic acids is 1. The molecular weight excluding hydrogens is 216 g/mol. The lowest BCUT2D eigenvalue weighted by Crippen LogP contribution is -2.63. The molecule has 0 bridgehead atoms. The Hall–Kier alpha value is -0.610. The molecule has 1 unspecified atom stereocenters. The molecule has 1 saturated heterocycles.